The number of fused-ring (bicyclic) bond motifs is 1. The molecule has 1 aromatic carbocycles. The van der Waals surface area contributed by atoms with Gasteiger partial charge in [0.2, 0.25) is 0 Å². The minimum Gasteiger partial charge on any atom is -0.450 e. The van der Waals surface area contributed by atoms with Gasteiger partial charge in [-0.25, -0.2) is 9.18 Å². The Morgan fingerprint density at radius 3 is 2.86 bits per heavy atom. The van der Waals surface area contributed by atoms with E-state index in [0.29, 0.717) is 30.0 Å². The number of piperidine rings is 1. The lowest BCUT2D eigenvalue weighted by molar-refractivity contribution is 0.0929. The first-order valence-electron chi connectivity index (χ1n) is 7.41. The highest BCUT2D eigenvalue weighted by Gasteiger charge is 2.26. The summed E-state index contributed by atoms with van der Waals surface area (Å²) in [6.45, 7) is 3.46. The van der Waals surface area contributed by atoms with Gasteiger partial charge in [-0.3, -0.25) is 0 Å². The van der Waals surface area contributed by atoms with E-state index in [2.05, 4.69) is 4.98 Å². The molecule has 1 aliphatic heterocycles. The Bertz CT molecular complexity index is 747. The zero-order valence-electron chi connectivity index (χ0n) is 12.3. The summed E-state index contributed by atoms with van der Waals surface area (Å²) < 4.78 is 21.0. The molecule has 5 nitrogen and oxygen atoms in total. The zero-order chi connectivity index (χ0) is 15.7. The van der Waals surface area contributed by atoms with Crippen molar-refractivity contribution in [2.24, 2.45) is 0 Å². The maximum absolute atomic E-state index is 13.3. The van der Waals surface area contributed by atoms with Crippen LogP contribution in [0.1, 0.15) is 25.8 Å². The molecular weight excluding hydrogens is 305 g/mol. The molecule has 0 radical (unpaired) electrons. The Kier molecular flexibility index (Phi) is 4.15. The van der Waals surface area contributed by atoms with E-state index in [1.54, 1.807) is 17.9 Å². The second kappa shape index (κ2) is 6.08. The zero-order valence-corrected chi connectivity index (χ0v) is 13.2. The van der Waals surface area contributed by atoms with Crippen LogP contribution in [0.2, 0.25) is 0 Å². The van der Waals surface area contributed by atoms with E-state index in [9.17, 15) is 9.18 Å². The Labute approximate surface area is 132 Å². The van der Waals surface area contributed by atoms with Crippen LogP contribution in [0.3, 0.4) is 0 Å². The molecule has 0 bridgehead atoms. The first-order valence-corrected chi connectivity index (χ1v) is 7.82. The number of carbonyl (C=O) groups is 1. The smallest absolute Gasteiger partial charge is 0.409 e. The number of hydrogen-bond donors (Lipinski definition) is 1. The van der Waals surface area contributed by atoms with Gasteiger partial charge in [-0.2, -0.15) is 0 Å². The predicted octanol–water partition coefficient (Wildman–Crippen LogP) is 3.63. The van der Waals surface area contributed by atoms with Gasteiger partial charge in [0, 0.05) is 19.1 Å². The molecule has 22 heavy (non-hydrogen) atoms. The Morgan fingerprint density at radius 2 is 2.18 bits per heavy atom. The third-order valence-electron chi connectivity index (χ3n) is 4.03. The van der Waals surface area contributed by atoms with Crippen LogP contribution >= 0.6 is 12.2 Å². The number of likely N-dealkylation sites (tertiary alicyclic amines) is 1. The fraction of sp³-hybridized carbons (Fsp3) is 0.467. The Balaban J connectivity index is 1.81. The van der Waals surface area contributed by atoms with E-state index in [1.165, 1.54) is 12.1 Å². The van der Waals surface area contributed by atoms with E-state index >= 15 is 0 Å². The number of aromatic amines is 1. The number of halogens is 1. The van der Waals surface area contributed by atoms with Crippen molar-refractivity contribution in [3.8, 4) is 0 Å². The first kappa shape index (κ1) is 15.0. The van der Waals surface area contributed by atoms with Gasteiger partial charge in [0.05, 0.1) is 17.6 Å². The SMILES string of the molecule is CCOC(=O)N1CCC(n2c(=S)[nH]c3cc(F)ccc32)CC1. The highest BCUT2D eigenvalue weighted by Crippen LogP contribution is 2.28. The van der Waals surface area contributed by atoms with E-state index in [4.69, 9.17) is 17.0 Å². The van der Waals surface area contributed by atoms with Crippen molar-refractivity contribution < 1.29 is 13.9 Å². The summed E-state index contributed by atoms with van der Waals surface area (Å²) in [5.41, 5.74) is 1.61. The fourth-order valence-electron chi connectivity index (χ4n) is 2.99. The van der Waals surface area contributed by atoms with Gasteiger partial charge in [0.25, 0.3) is 0 Å². The van der Waals surface area contributed by atoms with Crippen molar-refractivity contribution in [3.05, 3.63) is 28.8 Å². The highest BCUT2D eigenvalue weighted by atomic mass is 32.1. The lowest BCUT2D eigenvalue weighted by Gasteiger charge is -2.32. The number of hydrogen-bond acceptors (Lipinski definition) is 3. The summed E-state index contributed by atoms with van der Waals surface area (Å²) in [5.74, 6) is -0.284. The minimum absolute atomic E-state index is 0.206. The number of imidazole rings is 1. The van der Waals surface area contributed by atoms with Gasteiger partial charge < -0.3 is 19.2 Å². The molecule has 0 unspecified atom stereocenters. The molecule has 1 saturated heterocycles. The van der Waals surface area contributed by atoms with Crippen LogP contribution in [0.5, 0.6) is 0 Å². The molecule has 118 valence electrons. The van der Waals surface area contributed by atoms with Crippen LogP contribution < -0.4 is 0 Å². The second-order valence-corrected chi connectivity index (χ2v) is 5.77. The maximum atomic E-state index is 13.3. The number of nitrogens with one attached hydrogen (secondary N) is 1. The quantitative estimate of drug-likeness (QED) is 0.859. The van der Waals surface area contributed by atoms with E-state index in [0.717, 1.165) is 18.4 Å². The van der Waals surface area contributed by atoms with E-state index < -0.39 is 0 Å². The van der Waals surface area contributed by atoms with Crippen LogP contribution in [0.4, 0.5) is 9.18 Å². The third kappa shape index (κ3) is 2.72. The van der Waals surface area contributed by atoms with Crippen molar-refractivity contribution in [2.45, 2.75) is 25.8 Å². The van der Waals surface area contributed by atoms with Gasteiger partial charge in [0.1, 0.15) is 5.82 Å². The van der Waals surface area contributed by atoms with Crippen molar-refractivity contribution in [1.29, 1.82) is 0 Å². The average molecular weight is 323 g/mol. The van der Waals surface area contributed by atoms with Crippen LogP contribution in [0.25, 0.3) is 11.0 Å². The molecular formula is C15H18FN3O2S. The van der Waals surface area contributed by atoms with Crippen LogP contribution in [0.15, 0.2) is 18.2 Å². The van der Waals surface area contributed by atoms with Crippen LogP contribution in [-0.2, 0) is 4.74 Å². The van der Waals surface area contributed by atoms with Gasteiger partial charge in [0.15, 0.2) is 4.77 Å². The lowest BCUT2D eigenvalue weighted by Crippen LogP contribution is -2.39. The largest absolute Gasteiger partial charge is 0.450 e. The van der Waals surface area contributed by atoms with Crippen molar-refractivity contribution in [2.75, 3.05) is 19.7 Å². The van der Waals surface area contributed by atoms with Gasteiger partial charge >= 0.3 is 6.09 Å². The van der Waals surface area contributed by atoms with Crippen LogP contribution in [-0.4, -0.2) is 40.2 Å². The molecule has 0 atom stereocenters. The van der Waals surface area contributed by atoms with Crippen LogP contribution in [0, 0.1) is 10.6 Å². The second-order valence-electron chi connectivity index (χ2n) is 5.38. The number of aromatic nitrogens is 2. The molecule has 0 saturated carbocycles. The maximum Gasteiger partial charge on any atom is 0.409 e. The van der Waals surface area contributed by atoms with Gasteiger partial charge in [-0.05, 0) is 50.2 Å². The molecule has 2 heterocycles. The summed E-state index contributed by atoms with van der Waals surface area (Å²) >= 11 is 5.38. The lowest BCUT2D eigenvalue weighted by atomic mass is 10.1. The summed E-state index contributed by atoms with van der Waals surface area (Å²) in [7, 11) is 0. The topological polar surface area (TPSA) is 50.3 Å². The normalized spacial score (nSPS) is 16.2. The summed E-state index contributed by atoms with van der Waals surface area (Å²) in [5, 5.41) is 0. The average Bonchev–Trinajstić information content (AvgIpc) is 2.82. The molecule has 1 fully saturated rings. The van der Waals surface area contributed by atoms with Gasteiger partial charge in [-0.15, -0.1) is 0 Å². The molecule has 0 spiro atoms. The first-order chi connectivity index (χ1) is 10.6. The van der Waals surface area contributed by atoms with Crippen molar-refractivity contribution >= 4 is 29.3 Å². The standard InChI is InChI=1S/C15H18FN3O2S/c1-2-21-15(20)18-7-5-11(6-8-18)19-13-4-3-10(16)9-12(13)17-14(19)22/h3-4,9,11H,2,5-8H2,1H3,(H,17,22). The molecule has 1 amide bonds. The van der Waals surface area contributed by atoms with Crippen molar-refractivity contribution in [1.82, 2.24) is 14.5 Å². The van der Waals surface area contributed by atoms with E-state index in [1.807, 2.05) is 4.57 Å². The molecule has 1 N–H and O–H groups in total. The molecule has 2 aromatic rings. The van der Waals surface area contributed by atoms with E-state index in [-0.39, 0.29) is 18.0 Å². The minimum atomic E-state index is -0.284. The number of benzene rings is 1. The molecule has 0 aliphatic carbocycles. The fourth-order valence-corrected chi connectivity index (χ4v) is 3.34. The third-order valence-corrected chi connectivity index (χ3v) is 4.33. The molecule has 1 aliphatic rings. The molecule has 7 heteroatoms. The monoisotopic (exact) mass is 323 g/mol. The number of ether oxygens (including phenoxy) is 1. The highest BCUT2D eigenvalue weighted by molar-refractivity contribution is 7.71. The summed E-state index contributed by atoms with van der Waals surface area (Å²) in [6, 6.07) is 4.84. The van der Waals surface area contributed by atoms with Crippen molar-refractivity contribution in [3.63, 3.8) is 0 Å². The molecule has 3 rings (SSSR count). The predicted molar refractivity (Wildman–Crippen MR) is 83.9 cm³/mol. The number of rotatable bonds is 2. The number of amides is 1. The molecule has 1 aromatic heterocycles. The van der Waals surface area contributed by atoms with Gasteiger partial charge in [-0.1, -0.05) is 0 Å². The summed E-state index contributed by atoms with van der Waals surface area (Å²) in [6.07, 6.45) is 1.35. The number of nitrogens with zero attached hydrogens (tertiary/aromatic N) is 2. The Morgan fingerprint density at radius 1 is 1.45 bits per heavy atom. The number of carbonyl (C=O) groups excluding carboxylic acids is 1. The Hall–Kier alpha value is -1.89. The summed E-state index contributed by atoms with van der Waals surface area (Å²) in [4.78, 5) is 16.5. The number of H-pyrrole nitrogens is 1.